The Balaban J connectivity index is 1.39. The standard InChI is InChI=1S/C22H21FN2O2/c23-20-6-2-1-5-19(20)21-11-9-18(27-21)10-12-22(26)25(17-7-8-17)15-16-4-3-13-24-14-16/h1-6,9,11,13-14,17H,7-8,10,12,15H2. The van der Waals surface area contributed by atoms with Gasteiger partial charge in [-0.2, -0.15) is 0 Å². The Kier molecular flexibility index (Phi) is 5.01. The van der Waals surface area contributed by atoms with E-state index in [0.29, 0.717) is 42.5 Å². The first-order valence-corrected chi connectivity index (χ1v) is 9.22. The van der Waals surface area contributed by atoms with E-state index in [-0.39, 0.29) is 11.7 Å². The highest BCUT2D eigenvalue weighted by Crippen LogP contribution is 2.30. The molecule has 138 valence electrons. The zero-order valence-electron chi connectivity index (χ0n) is 15.0. The molecule has 0 atom stereocenters. The van der Waals surface area contributed by atoms with E-state index >= 15 is 0 Å². The van der Waals surface area contributed by atoms with Gasteiger partial charge in [-0.05, 0) is 48.7 Å². The van der Waals surface area contributed by atoms with Crippen LogP contribution in [0.1, 0.15) is 30.6 Å². The molecule has 0 radical (unpaired) electrons. The minimum Gasteiger partial charge on any atom is -0.461 e. The molecule has 0 N–H and O–H groups in total. The second kappa shape index (κ2) is 7.74. The average Bonchev–Trinajstić information content (AvgIpc) is 3.43. The molecule has 4 nitrogen and oxygen atoms in total. The van der Waals surface area contributed by atoms with Crippen molar-refractivity contribution in [3.63, 3.8) is 0 Å². The van der Waals surface area contributed by atoms with Crippen molar-refractivity contribution in [2.45, 2.75) is 38.3 Å². The molecule has 0 spiro atoms. The van der Waals surface area contributed by atoms with Crippen LogP contribution in [0.5, 0.6) is 0 Å². The number of rotatable bonds is 7. The smallest absolute Gasteiger partial charge is 0.223 e. The van der Waals surface area contributed by atoms with Crippen LogP contribution in [0.4, 0.5) is 4.39 Å². The summed E-state index contributed by atoms with van der Waals surface area (Å²) in [5, 5.41) is 0. The zero-order chi connectivity index (χ0) is 18.6. The van der Waals surface area contributed by atoms with E-state index in [1.54, 1.807) is 36.7 Å². The maximum Gasteiger partial charge on any atom is 0.223 e. The van der Waals surface area contributed by atoms with Crippen molar-refractivity contribution in [1.29, 1.82) is 0 Å². The molecular formula is C22H21FN2O2. The van der Waals surface area contributed by atoms with Crippen LogP contribution in [-0.4, -0.2) is 21.8 Å². The molecule has 1 aliphatic rings. The highest BCUT2D eigenvalue weighted by Gasteiger charge is 2.32. The van der Waals surface area contributed by atoms with Crippen molar-refractivity contribution in [3.8, 4) is 11.3 Å². The number of carbonyl (C=O) groups is 1. The van der Waals surface area contributed by atoms with E-state index in [1.165, 1.54) is 6.07 Å². The monoisotopic (exact) mass is 364 g/mol. The molecule has 4 rings (SSSR count). The first-order chi connectivity index (χ1) is 13.2. The molecule has 0 aliphatic heterocycles. The molecule has 1 aliphatic carbocycles. The van der Waals surface area contributed by atoms with Crippen LogP contribution in [0.2, 0.25) is 0 Å². The molecule has 0 unspecified atom stereocenters. The third kappa shape index (κ3) is 4.25. The summed E-state index contributed by atoms with van der Waals surface area (Å²) in [7, 11) is 0. The Bertz CT molecular complexity index is 919. The minimum atomic E-state index is -0.314. The second-order valence-corrected chi connectivity index (χ2v) is 6.86. The van der Waals surface area contributed by atoms with Gasteiger partial charge in [0, 0.05) is 37.8 Å². The van der Waals surface area contributed by atoms with Crippen LogP contribution in [-0.2, 0) is 17.8 Å². The Labute approximate surface area is 157 Å². The zero-order valence-corrected chi connectivity index (χ0v) is 15.0. The maximum absolute atomic E-state index is 13.9. The number of carbonyl (C=O) groups excluding carboxylic acids is 1. The fourth-order valence-electron chi connectivity index (χ4n) is 3.19. The fraction of sp³-hybridized carbons (Fsp3) is 0.273. The summed E-state index contributed by atoms with van der Waals surface area (Å²) in [6, 6.07) is 14.3. The van der Waals surface area contributed by atoms with Crippen molar-refractivity contribution < 1.29 is 13.6 Å². The minimum absolute atomic E-state index is 0.116. The van der Waals surface area contributed by atoms with Gasteiger partial charge in [0.05, 0.1) is 5.56 Å². The van der Waals surface area contributed by atoms with Crippen LogP contribution in [0.3, 0.4) is 0 Å². The number of aryl methyl sites for hydroxylation is 1. The molecule has 0 saturated heterocycles. The number of furan rings is 1. The van der Waals surface area contributed by atoms with E-state index in [1.807, 2.05) is 23.1 Å². The van der Waals surface area contributed by atoms with Crippen molar-refractivity contribution in [2.24, 2.45) is 0 Å². The molecule has 2 heterocycles. The van der Waals surface area contributed by atoms with Gasteiger partial charge in [0.1, 0.15) is 17.3 Å². The number of hydrogen-bond donors (Lipinski definition) is 0. The van der Waals surface area contributed by atoms with Gasteiger partial charge >= 0.3 is 0 Å². The predicted octanol–water partition coefficient (Wildman–Crippen LogP) is 4.60. The quantitative estimate of drug-likeness (QED) is 0.615. The topological polar surface area (TPSA) is 46.3 Å². The number of pyridine rings is 1. The summed E-state index contributed by atoms with van der Waals surface area (Å²) < 4.78 is 19.6. The van der Waals surface area contributed by atoms with Crippen LogP contribution in [0, 0.1) is 5.82 Å². The van der Waals surface area contributed by atoms with Gasteiger partial charge < -0.3 is 9.32 Å². The SMILES string of the molecule is O=C(CCc1ccc(-c2ccccc2F)o1)N(Cc1cccnc1)C1CC1. The molecule has 3 aromatic rings. The number of halogens is 1. The Morgan fingerprint density at radius 1 is 1.15 bits per heavy atom. The molecule has 0 bridgehead atoms. The molecule has 27 heavy (non-hydrogen) atoms. The lowest BCUT2D eigenvalue weighted by atomic mass is 10.1. The summed E-state index contributed by atoms with van der Waals surface area (Å²) in [6.07, 6.45) is 6.53. The van der Waals surface area contributed by atoms with Crippen molar-refractivity contribution >= 4 is 5.91 Å². The number of nitrogens with zero attached hydrogens (tertiary/aromatic N) is 2. The molecule has 1 aromatic carbocycles. The number of amides is 1. The van der Waals surface area contributed by atoms with Crippen LogP contribution >= 0.6 is 0 Å². The lowest BCUT2D eigenvalue weighted by Gasteiger charge is -2.22. The van der Waals surface area contributed by atoms with Crippen molar-refractivity contribution in [2.75, 3.05) is 0 Å². The molecule has 1 fully saturated rings. The lowest BCUT2D eigenvalue weighted by Crippen LogP contribution is -2.32. The van der Waals surface area contributed by atoms with Crippen molar-refractivity contribution in [1.82, 2.24) is 9.88 Å². The van der Waals surface area contributed by atoms with E-state index < -0.39 is 0 Å². The lowest BCUT2D eigenvalue weighted by molar-refractivity contribution is -0.132. The van der Waals surface area contributed by atoms with Gasteiger partial charge in [-0.25, -0.2) is 4.39 Å². The Morgan fingerprint density at radius 2 is 2.00 bits per heavy atom. The maximum atomic E-state index is 13.9. The molecule has 1 saturated carbocycles. The Hall–Kier alpha value is -2.95. The average molecular weight is 364 g/mol. The highest BCUT2D eigenvalue weighted by atomic mass is 19.1. The summed E-state index contributed by atoms with van der Waals surface area (Å²) in [6.45, 7) is 0.593. The Morgan fingerprint density at radius 3 is 2.74 bits per heavy atom. The highest BCUT2D eigenvalue weighted by molar-refractivity contribution is 5.77. The largest absolute Gasteiger partial charge is 0.461 e. The third-order valence-electron chi connectivity index (χ3n) is 4.77. The van der Waals surface area contributed by atoms with E-state index in [9.17, 15) is 9.18 Å². The second-order valence-electron chi connectivity index (χ2n) is 6.86. The number of benzene rings is 1. The van der Waals surface area contributed by atoms with E-state index in [2.05, 4.69) is 4.98 Å². The molecule has 1 amide bonds. The molecule has 5 heteroatoms. The van der Waals surface area contributed by atoms with Gasteiger partial charge in [-0.1, -0.05) is 18.2 Å². The van der Waals surface area contributed by atoms with Crippen molar-refractivity contribution in [3.05, 3.63) is 78.1 Å². The van der Waals surface area contributed by atoms with E-state index in [0.717, 1.165) is 18.4 Å². The van der Waals surface area contributed by atoms with Crippen LogP contribution < -0.4 is 0 Å². The summed E-state index contributed by atoms with van der Waals surface area (Å²) in [5.74, 6) is 0.986. The van der Waals surface area contributed by atoms with Gasteiger partial charge in [-0.3, -0.25) is 9.78 Å². The number of aromatic nitrogens is 1. The first-order valence-electron chi connectivity index (χ1n) is 9.22. The third-order valence-corrected chi connectivity index (χ3v) is 4.77. The van der Waals surface area contributed by atoms with Gasteiger partial charge in [-0.15, -0.1) is 0 Å². The van der Waals surface area contributed by atoms with Crippen LogP contribution in [0.15, 0.2) is 65.3 Å². The molecular weight excluding hydrogens is 343 g/mol. The van der Waals surface area contributed by atoms with Gasteiger partial charge in [0.15, 0.2) is 0 Å². The summed E-state index contributed by atoms with van der Waals surface area (Å²) >= 11 is 0. The first kappa shape index (κ1) is 17.5. The summed E-state index contributed by atoms with van der Waals surface area (Å²) in [5.41, 5.74) is 1.48. The molecule has 2 aromatic heterocycles. The summed E-state index contributed by atoms with van der Waals surface area (Å²) in [4.78, 5) is 18.8. The fourth-order valence-corrected chi connectivity index (χ4v) is 3.19. The van der Waals surface area contributed by atoms with Crippen LogP contribution in [0.25, 0.3) is 11.3 Å². The number of hydrogen-bond acceptors (Lipinski definition) is 3. The van der Waals surface area contributed by atoms with Gasteiger partial charge in [0.2, 0.25) is 5.91 Å². The van der Waals surface area contributed by atoms with Gasteiger partial charge in [0.25, 0.3) is 0 Å². The normalized spacial score (nSPS) is 13.5. The predicted molar refractivity (Wildman–Crippen MR) is 100 cm³/mol. The van der Waals surface area contributed by atoms with E-state index in [4.69, 9.17) is 4.42 Å².